The lowest BCUT2D eigenvalue weighted by atomic mass is 10.2. The number of hydrogen-bond donors (Lipinski definition) is 2. The maximum absolute atomic E-state index is 10.6. The number of nitrogens with one attached hydrogen (secondary N) is 1. The number of H-pyrrole nitrogens is 1. The number of amides is 1. The van der Waals surface area contributed by atoms with E-state index in [9.17, 15) is 4.79 Å². The Bertz CT molecular complexity index is 337. The zero-order valence-electron chi connectivity index (χ0n) is 5.26. The minimum atomic E-state index is -0.764. The number of rotatable bonds is 1. The number of nitrogens with zero attached hydrogens (tertiary/aromatic N) is 2. The molecule has 0 unspecified atom stereocenters. The molecule has 6 heteroatoms. The van der Waals surface area contributed by atoms with Crippen molar-refractivity contribution in [3.8, 4) is 6.07 Å². The monoisotopic (exact) mass is 170 g/mol. The molecule has 0 radical (unpaired) electrons. The fourth-order valence-corrected chi connectivity index (χ4v) is 0.851. The molecule has 0 aromatic carbocycles. The van der Waals surface area contributed by atoms with Gasteiger partial charge in [0.05, 0.1) is 0 Å². The van der Waals surface area contributed by atoms with Crippen molar-refractivity contribution in [1.82, 2.24) is 10.2 Å². The highest BCUT2D eigenvalue weighted by molar-refractivity contribution is 6.32. The van der Waals surface area contributed by atoms with Gasteiger partial charge >= 0.3 is 0 Å². The van der Waals surface area contributed by atoms with Crippen molar-refractivity contribution in [2.75, 3.05) is 0 Å². The summed E-state index contributed by atoms with van der Waals surface area (Å²) in [6.45, 7) is 0. The van der Waals surface area contributed by atoms with Crippen LogP contribution in [0.15, 0.2) is 0 Å². The Morgan fingerprint density at radius 2 is 2.45 bits per heavy atom. The number of carbonyl (C=O) groups is 1. The molecule has 0 saturated heterocycles. The van der Waals surface area contributed by atoms with Crippen LogP contribution in [0.2, 0.25) is 5.15 Å². The van der Waals surface area contributed by atoms with Gasteiger partial charge in [-0.1, -0.05) is 11.6 Å². The van der Waals surface area contributed by atoms with Gasteiger partial charge in [0.1, 0.15) is 16.8 Å². The first-order chi connectivity index (χ1) is 5.16. The van der Waals surface area contributed by atoms with Crippen LogP contribution in [0.4, 0.5) is 0 Å². The molecule has 1 amide bonds. The summed E-state index contributed by atoms with van der Waals surface area (Å²) >= 11 is 5.45. The minimum Gasteiger partial charge on any atom is -0.365 e. The van der Waals surface area contributed by atoms with Crippen LogP contribution in [-0.2, 0) is 0 Å². The molecule has 1 aromatic rings. The fourth-order valence-electron chi connectivity index (χ4n) is 0.627. The second-order valence-corrected chi connectivity index (χ2v) is 2.12. The maximum Gasteiger partial charge on any atom is 0.254 e. The van der Waals surface area contributed by atoms with E-state index >= 15 is 0 Å². The second kappa shape index (κ2) is 2.60. The van der Waals surface area contributed by atoms with Gasteiger partial charge in [0.15, 0.2) is 5.69 Å². The van der Waals surface area contributed by atoms with Crippen LogP contribution in [0.5, 0.6) is 0 Å². The van der Waals surface area contributed by atoms with E-state index in [-0.39, 0.29) is 16.4 Å². The molecule has 0 bridgehead atoms. The maximum atomic E-state index is 10.6. The van der Waals surface area contributed by atoms with Crippen LogP contribution in [0, 0.1) is 11.3 Å². The fraction of sp³-hybridized carbons (Fsp3) is 0. The predicted octanol–water partition coefficient (Wildman–Crippen LogP) is 0.0337. The van der Waals surface area contributed by atoms with Crippen LogP contribution in [0.1, 0.15) is 16.1 Å². The molecule has 0 spiro atoms. The Kier molecular flexibility index (Phi) is 1.79. The lowest BCUT2D eigenvalue weighted by molar-refractivity contribution is 0.100. The molecule has 1 aromatic heterocycles. The summed E-state index contributed by atoms with van der Waals surface area (Å²) in [6.07, 6.45) is 0. The topological polar surface area (TPSA) is 95.6 Å². The van der Waals surface area contributed by atoms with Crippen molar-refractivity contribution in [1.29, 1.82) is 5.26 Å². The van der Waals surface area contributed by atoms with E-state index in [0.29, 0.717) is 0 Å². The van der Waals surface area contributed by atoms with Gasteiger partial charge in [-0.05, 0) is 0 Å². The quantitative estimate of drug-likeness (QED) is 0.623. The van der Waals surface area contributed by atoms with Crippen molar-refractivity contribution in [2.45, 2.75) is 0 Å². The average Bonchev–Trinajstić information content (AvgIpc) is 2.30. The first-order valence-corrected chi connectivity index (χ1v) is 2.98. The van der Waals surface area contributed by atoms with Gasteiger partial charge in [-0.15, -0.1) is 0 Å². The number of carbonyl (C=O) groups excluding carboxylic acids is 1. The van der Waals surface area contributed by atoms with Crippen molar-refractivity contribution < 1.29 is 4.79 Å². The van der Waals surface area contributed by atoms with Gasteiger partial charge in [-0.3, -0.25) is 9.89 Å². The lowest BCUT2D eigenvalue weighted by Gasteiger charge is -1.87. The van der Waals surface area contributed by atoms with Crippen molar-refractivity contribution >= 4 is 17.5 Å². The van der Waals surface area contributed by atoms with E-state index in [4.69, 9.17) is 22.6 Å². The minimum absolute atomic E-state index is 0.00551. The van der Waals surface area contributed by atoms with E-state index in [0.717, 1.165) is 0 Å². The molecule has 0 saturated carbocycles. The first kappa shape index (κ1) is 7.57. The summed E-state index contributed by atoms with van der Waals surface area (Å²) in [5.74, 6) is -0.764. The van der Waals surface area contributed by atoms with Crippen LogP contribution >= 0.6 is 11.6 Å². The third kappa shape index (κ3) is 1.16. The molecule has 0 aliphatic carbocycles. The van der Waals surface area contributed by atoms with Crippen molar-refractivity contribution in [3.05, 3.63) is 16.4 Å². The SMILES string of the molecule is N#Cc1n[nH]c(Cl)c1C(N)=O. The Balaban J connectivity index is 3.32. The Hall–Kier alpha value is -1.54. The van der Waals surface area contributed by atoms with Gasteiger partial charge in [0.2, 0.25) is 0 Å². The molecule has 5 nitrogen and oxygen atoms in total. The van der Waals surface area contributed by atoms with Gasteiger partial charge < -0.3 is 5.73 Å². The summed E-state index contributed by atoms with van der Waals surface area (Å²) < 4.78 is 0. The molecular weight excluding hydrogens is 168 g/mol. The van der Waals surface area contributed by atoms with E-state index in [2.05, 4.69) is 10.2 Å². The second-order valence-electron chi connectivity index (χ2n) is 1.74. The molecule has 0 fully saturated rings. The predicted molar refractivity (Wildman–Crippen MR) is 36.8 cm³/mol. The van der Waals surface area contributed by atoms with Gasteiger partial charge in [0, 0.05) is 0 Å². The number of aromatic amines is 1. The summed E-state index contributed by atoms with van der Waals surface area (Å²) in [5, 5.41) is 14.1. The highest BCUT2D eigenvalue weighted by Crippen LogP contribution is 2.14. The van der Waals surface area contributed by atoms with E-state index in [1.165, 1.54) is 0 Å². The molecule has 3 N–H and O–H groups in total. The molecular formula is C5H3ClN4O. The molecule has 0 aliphatic heterocycles. The van der Waals surface area contributed by atoms with Crippen LogP contribution in [-0.4, -0.2) is 16.1 Å². The van der Waals surface area contributed by atoms with E-state index in [1.807, 2.05) is 0 Å². The zero-order valence-corrected chi connectivity index (χ0v) is 6.01. The summed E-state index contributed by atoms with van der Waals surface area (Å²) in [7, 11) is 0. The summed E-state index contributed by atoms with van der Waals surface area (Å²) in [6, 6.07) is 1.67. The number of nitrogens with two attached hydrogens (primary N) is 1. The smallest absolute Gasteiger partial charge is 0.254 e. The molecule has 0 aliphatic rings. The van der Waals surface area contributed by atoms with Crippen LogP contribution < -0.4 is 5.73 Å². The van der Waals surface area contributed by atoms with Gasteiger partial charge in [-0.25, -0.2) is 0 Å². The number of primary amides is 1. The first-order valence-electron chi connectivity index (χ1n) is 2.60. The van der Waals surface area contributed by atoms with Gasteiger partial charge in [-0.2, -0.15) is 10.4 Å². The Morgan fingerprint density at radius 3 is 2.82 bits per heavy atom. The number of hydrogen-bond acceptors (Lipinski definition) is 3. The van der Waals surface area contributed by atoms with E-state index in [1.54, 1.807) is 6.07 Å². The normalized spacial score (nSPS) is 9.09. The largest absolute Gasteiger partial charge is 0.365 e. The van der Waals surface area contributed by atoms with E-state index < -0.39 is 5.91 Å². The molecule has 1 rings (SSSR count). The van der Waals surface area contributed by atoms with Crippen LogP contribution in [0.25, 0.3) is 0 Å². The third-order valence-electron chi connectivity index (χ3n) is 1.07. The molecule has 56 valence electrons. The average molecular weight is 171 g/mol. The molecule has 11 heavy (non-hydrogen) atoms. The number of halogens is 1. The molecule has 1 heterocycles. The lowest BCUT2D eigenvalue weighted by Crippen LogP contribution is -2.12. The van der Waals surface area contributed by atoms with Gasteiger partial charge in [0.25, 0.3) is 5.91 Å². The summed E-state index contributed by atoms with van der Waals surface area (Å²) in [5.41, 5.74) is 4.76. The van der Waals surface area contributed by atoms with Crippen molar-refractivity contribution in [3.63, 3.8) is 0 Å². The standard InChI is InChI=1S/C5H3ClN4O/c6-4-3(5(8)11)2(1-7)9-10-4/h(H2,8,11)(H,9,10). The highest BCUT2D eigenvalue weighted by Gasteiger charge is 2.15. The number of nitriles is 1. The zero-order chi connectivity index (χ0) is 8.43. The molecule has 0 atom stereocenters. The number of aromatic nitrogens is 2. The Labute approximate surface area is 66.8 Å². The third-order valence-corrected chi connectivity index (χ3v) is 1.35. The highest BCUT2D eigenvalue weighted by atomic mass is 35.5. The Morgan fingerprint density at radius 1 is 1.82 bits per heavy atom. The van der Waals surface area contributed by atoms with Crippen LogP contribution in [0.3, 0.4) is 0 Å². The summed E-state index contributed by atoms with van der Waals surface area (Å²) in [4.78, 5) is 10.6. The van der Waals surface area contributed by atoms with Crippen molar-refractivity contribution in [2.24, 2.45) is 5.73 Å².